The van der Waals surface area contributed by atoms with Gasteiger partial charge in [0.15, 0.2) is 11.6 Å². The van der Waals surface area contributed by atoms with Gasteiger partial charge in [0, 0.05) is 12.1 Å². The second kappa shape index (κ2) is 3.23. The van der Waals surface area contributed by atoms with Gasteiger partial charge in [-0.2, -0.15) is 0 Å². The smallest absolute Gasteiger partial charge is 0.172 e. The molecule has 1 N–H and O–H groups in total. The van der Waals surface area contributed by atoms with Gasteiger partial charge in [-0.05, 0) is 13.0 Å². The van der Waals surface area contributed by atoms with E-state index in [1.807, 2.05) is 0 Å². The van der Waals surface area contributed by atoms with Crippen LogP contribution in [0.2, 0.25) is 0 Å². The summed E-state index contributed by atoms with van der Waals surface area (Å²) in [6, 6.07) is 4.77. The molecule has 0 unspecified atom stereocenters. The van der Waals surface area contributed by atoms with Crippen molar-refractivity contribution in [2.24, 2.45) is 0 Å². The number of benzene rings is 1. The van der Waals surface area contributed by atoms with E-state index in [0.29, 0.717) is 12.4 Å². The van der Waals surface area contributed by atoms with Crippen molar-refractivity contribution < 1.29 is 14.2 Å². The Labute approximate surface area is 64.2 Å². The van der Waals surface area contributed by atoms with E-state index in [1.54, 1.807) is 6.92 Å². The number of ether oxygens (including phenoxy) is 1. The summed E-state index contributed by atoms with van der Waals surface area (Å²) in [4.78, 5) is 0. The Hall–Kier alpha value is -1.25. The SMILES string of the molecule is CCOc1c[c]c(F)c(O)c1. The summed E-state index contributed by atoms with van der Waals surface area (Å²) in [7, 11) is 0. The van der Waals surface area contributed by atoms with Crippen molar-refractivity contribution in [3.63, 3.8) is 0 Å². The van der Waals surface area contributed by atoms with Crippen molar-refractivity contribution in [3.8, 4) is 11.5 Å². The van der Waals surface area contributed by atoms with Crippen molar-refractivity contribution in [2.45, 2.75) is 6.92 Å². The molecule has 0 heterocycles. The maximum absolute atomic E-state index is 12.4. The lowest BCUT2D eigenvalue weighted by atomic mass is 10.3. The molecule has 59 valence electrons. The average molecular weight is 155 g/mol. The Kier molecular flexibility index (Phi) is 2.31. The summed E-state index contributed by atoms with van der Waals surface area (Å²) in [6.45, 7) is 2.29. The topological polar surface area (TPSA) is 29.5 Å². The van der Waals surface area contributed by atoms with Crippen molar-refractivity contribution >= 4 is 0 Å². The van der Waals surface area contributed by atoms with E-state index in [0.717, 1.165) is 0 Å². The Morgan fingerprint density at radius 1 is 1.73 bits per heavy atom. The van der Waals surface area contributed by atoms with Crippen molar-refractivity contribution in [1.29, 1.82) is 0 Å². The van der Waals surface area contributed by atoms with E-state index in [-0.39, 0.29) is 0 Å². The van der Waals surface area contributed by atoms with Crippen LogP contribution < -0.4 is 4.74 Å². The number of hydrogen-bond donors (Lipinski definition) is 1. The van der Waals surface area contributed by atoms with E-state index in [1.165, 1.54) is 12.1 Å². The normalized spacial score (nSPS) is 9.64. The number of phenolic OH excluding ortho intramolecular Hbond substituents is 1. The summed E-state index contributed by atoms with van der Waals surface area (Å²) in [5.41, 5.74) is 0. The fraction of sp³-hybridized carbons (Fsp3) is 0.250. The monoisotopic (exact) mass is 155 g/mol. The standard InChI is InChI=1S/C8H8FO2/c1-2-11-6-3-4-7(9)8(10)5-6/h3,5,10H,2H2,1H3. The van der Waals surface area contributed by atoms with Crippen molar-refractivity contribution in [3.05, 3.63) is 24.0 Å². The first kappa shape index (κ1) is 7.85. The summed E-state index contributed by atoms with van der Waals surface area (Å²) >= 11 is 0. The van der Waals surface area contributed by atoms with E-state index in [9.17, 15) is 4.39 Å². The highest BCUT2D eigenvalue weighted by Gasteiger charge is 2.00. The van der Waals surface area contributed by atoms with Crippen LogP contribution in [-0.2, 0) is 0 Å². The predicted molar refractivity (Wildman–Crippen MR) is 38.1 cm³/mol. The number of phenols is 1. The second-order valence-corrected chi connectivity index (χ2v) is 1.97. The quantitative estimate of drug-likeness (QED) is 0.704. The molecule has 0 bridgehead atoms. The van der Waals surface area contributed by atoms with Crippen LogP contribution in [-0.4, -0.2) is 11.7 Å². The lowest BCUT2D eigenvalue weighted by molar-refractivity contribution is 0.335. The Morgan fingerprint density at radius 2 is 2.45 bits per heavy atom. The zero-order valence-corrected chi connectivity index (χ0v) is 6.10. The Bertz CT molecular complexity index is 248. The zero-order valence-electron chi connectivity index (χ0n) is 6.10. The van der Waals surface area contributed by atoms with Gasteiger partial charge in [-0.3, -0.25) is 0 Å². The van der Waals surface area contributed by atoms with Crippen LogP contribution in [0.3, 0.4) is 0 Å². The molecule has 0 aliphatic rings. The van der Waals surface area contributed by atoms with Gasteiger partial charge in [0.25, 0.3) is 0 Å². The molecule has 0 spiro atoms. The van der Waals surface area contributed by atoms with Gasteiger partial charge in [-0.1, -0.05) is 0 Å². The largest absolute Gasteiger partial charge is 0.505 e. The number of halogens is 1. The molecular formula is C8H8FO2. The summed E-state index contributed by atoms with van der Waals surface area (Å²) < 4.78 is 17.4. The molecule has 0 aromatic heterocycles. The van der Waals surface area contributed by atoms with Gasteiger partial charge in [-0.25, -0.2) is 4.39 Å². The first-order chi connectivity index (χ1) is 5.24. The van der Waals surface area contributed by atoms with E-state index >= 15 is 0 Å². The highest BCUT2D eigenvalue weighted by Crippen LogP contribution is 2.20. The van der Waals surface area contributed by atoms with Crippen molar-refractivity contribution in [2.75, 3.05) is 6.61 Å². The number of aromatic hydroxyl groups is 1. The van der Waals surface area contributed by atoms with E-state index in [2.05, 4.69) is 6.07 Å². The molecule has 0 aliphatic heterocycles. The highest BCUT2D eigenvalue weighted by atomic mass is 19.1. The van der Waals surface area contributed by atoms with Gasteiger partial charge < -0.3 is 9.84 Å². The van der Waals surface area contributed by atoms with Gasteiger partial charge in [0.05, 0.1) is 6.61 Å². The minimum absolute atomic E-state index is 0.423. The molecule has 1 aromatic rings. The first-order valence-electron chi connectivity index (χ1n) is 3.27. The summed E-state index contributed by atoms with van der Waals surface area (Å²) in [5, 5.41) is 8.84. The molecule has 0 atom stereocenters. The fourth-order valence-corrected chi connectivity index (χ4v) is 0.698. The molecule has 0 aliphatic carbocycles. The number of hydrogen-bond acceptors (Lipinski definition) is 2. The molecule has 2 nitrogen and oxygen atoms in total. The summed E-state index contributed by atoms with van der Waals surface area (Å²) in [6.07, 6.45) is 0. The third-order valence-electron chi connectivity index (χ3n) is 1.16. The molecule has 1 radical (unpaired) electrons. The average Bonchev–Trinajstić information content (AvgIpc) is 1.98. The Balaban J connectivity index is 2.86. The minimum Gasteiger partial charge on any atom is -0.505 e. The van der Waals surface area contributed by atoms with Crippen LogP contribution in [0, 0.1) is 11.9 Å². The number of rotatable bonds is 2. The Morgan fingerprint density at radius 3 is 3.00 bits per heavy atom. The lowest BCUT2D eigenvalue weighted by Crippen LogP contribution is -1.91. The van der Waals surface area contributed by atoms with Gasteiger partial charge in [0.2, 0.25) is 0 Å². The third-order valence-corrected chi connectivity index (χ3v) is 1.16. The minimum atomic E-state index is -0.756. The molecule has 3 heteroatoms. The van der Waals surface area contributed by atoms with Crippen LogP contribution in [0.1, 0.15) is 6.92 Å². The van der Waals surface area contributed by atoms with Crippen LogP contribution in [0.15, 0.2) is 12.1 Å². The van der Waals surface area contributed by atoms with Crippen LogP contribution >= 0.6 is 0 Å². The van der Waals surface area contributed by atoms with E-state index in [4.69, 9.17) is 9.84 Å². The molecule has 0 saturated carbocycles. The first-order valence-corrected chi connectivity index (χ1v) is 3.27. The molecule has 0 amide bonds. The molecular weight excluding hydrogens is 147 g/mol. The molecule has 0 saturated heterocycles. The molecule has 0 fully saturated rings. The van der Waals surface area contributed by atoms with Crippen LogP contribution in [0.5, 0.6) is 11.5 Å². The van der Waals surface area contributed by atoms with Gasteiger partial charge >= 0.3 is 0 Å². The van der Waals surface area contributed by atoms with Gasteiger partial charge in [-0.15, -0.1) is 0 Å². The van der Waals surface area contributed by atoms with Crippen LogP contribution in [0.4, 0.5) is 4.39 Å². The fourth-order valence-electron chi connectivity index (χ4n) is 0.698. The highest BCUT2D eigenvalue weighted by molar-refractivity contribution is 5.32. The second-order valence-electron chi connectivity index (χ2n) is 1.97. The molecule has 11 heavy (non-hydrogen) atoms. The maximum atomic E-state index is 12.4. The van der Waals surface area contributed by atoms with E-state index < -0.39 is 11.6 Å². The van der Waals surface area contributed by atoms with Gasteiger partial charge in [0.1, 0.15) is 5.75 Å². The lowest BCUT2D eigenvalue weighted by Gasteiger charge is -2.02. The maximum Gasteiger partial charge on any atom is 0.172 e. The van der Waals surface area contributed by atoms with Crippen LogP contribution in [0.25, 0.3) is 0 Å². The molecule has 1 rings (SSSR count). The summed E-state index contributed by atoms with van der Waals surface area (Å²) in [5.74, 6) is -0.768. The predicted octanol–water partition coefficient (Wildman–Crippen LogP) is 1.73. The molecule has 1 aromatic carbocycles. The van der Waals surface area contributed by atoms with Crippen molar-refractivity contribution in [1.82, 2.24) is 0 Å². The zero-order chi connectivity index (χ0) is 8.27. The third kappa shape index (κ3) is 1.83.